The number of likely N-dealkylation sites (tertiary alicyclic amines) is 1. The van der Waals surface area contributed by atoms with Gasteiger partial charge in [0, 0.05) is 19.5 Å². The Morgan fingerprint density at radius 3 is 2.58 bits per heavy atom. The molecule has 5 nitrogen and oxygen atoms in total. The molecule has 0 unspecified atom stereocenters. The average molecular weight is 279 g/mol. The lowest BCUT2D eigenvalue weighted by Gasteiger charge is -2.31. The van der Waals surface area contributed by atoms with Gasteiger partial charge in [-0.1, -0.05) is 0 Å². The smallest absolute Gasteiger partial charge is 0.395 e. The summed E-state index contributed by atoms with van der Waals surface area (Å²) in [7, 11) is 0. The third kappa shape index (κ3) is 4.09. The molecule has 1 aromatic rings. The van der Waals surface area contributed by atoms with Crippen LogP contribution < -0.4 is 5.76 Å². The molecular weight excluding hydrogens is 263 g/mol. The molecule has 19 heavy (non-hydrogen) atoms. The fourth-order valence-electron chi connectivity index (χ4n) is 2.35. The molecule has 0 spiro atoms. The van der Waals surface area contributed by atoms with Crippen LogP contribution in [0.4, 0.5) is 13.2 Å². The highest BCUT2D eigenvalue weighted by Gasteiger charge is 2.27. The summed E-state index contributed by atoms with van der Waals surface area (Å²) in [5.41, 5.74) is 0. The van der Waals surface area contributed by atoms with Gasteiger partial charge in [-0.2, -0.15) is 17.9 Å². The van der Waals surface area contributed by atoms with E-state index >= 15 is 0 Å². The molecule has 0 N–H and O–H groups in total. The van der Waals surface area contributed by atoms with Crippen LogP contribution in [-0.4, -0.2) is 40.5 Å². The molecule has 0 atom stereocenters. The second-order valence-electron chi connectivity index (χ2n) is 4.74. The van der Waals surface area contributed by atoms with Crippen molar-refractivity contribution in [1.82, 2.24) is 14.7 Å². The van der Waals surface area contributed by atoms with E-state index in [9.17, 15) is 18.0 Å². The summed E-state index contributed by atoms with van der Waals surface area (Å²) < 4.78 is 42.0. The molecule has 0 amide bonds. The van der Waals surface area contributed by atoms with E-state index in [1.165, 1.54) is 4.68 Å². The van der Waals surface area contributed by atoms with Gasteiger partial charge in [0.1, 0.15) is 0 Å². The Morgan fingerprint density at radius 1 is 1.37 bits per heavy atom. The number of piperidine rings is 1. The minimum atomic E-state index is -4.08. The minimum absolute atomic E-state index is 0.00915. The van der Waals surface area contributed by atoms with E-state index in [0.29, 0.717) is 32.5 Å². The Kier molecular flexibility index (Phi) is 4.28. The number of nitrogens with zero attached hydrogens (tertiary/aromatic N) is 3. The number of aromatic nitrogens is 2. The lowest BCUT2D eigenvalue weighted by Crippen LogP contribution is -2.37. The second kappa shape index (κ2) is 5.77. The largest absolute Gasteiger partial charge is 0.437 e. The maximum Gasteiger partial charge on any atom is 0.437 e. The first-order valence-corrected chi connectivity index (χ1v) is 6.27. The fourth-order valence-corrected chi connectivity index (χ4v) is 2.35. The normalized spacial score (nSPS) is 18.9. The van der Waals surface area contributed by atoms with Crippen LogP contribution in [0, 0.1) is 0 Å². The molecule has 1 fully saturated rings. The van der Waals surface area contributed by atoms with Crippen molar-refractivity contribution in [2.75, 3.05) is 19.6 Å². The van der Waals surface area contributed by atoms with Gasteiger partial charge in [-0.25, -0.2) is 4.79 Å². The number of halogens is 3. The monoisotopic (exact) mass is 279 g/mol. The highest BCUT2D eigenvalue weighted by atomic mass is 19.4. The number of hydrogen-bond acceptors (Lipinski definition) is 4. The fraction of sp³-hybridized carbons (Fsp3) is 0.818. The Hall–Kier alpha value is -1.31. The van der Waals surface area contributed by atoms with Gasteiger partial charge in [-0.3, -0.25) is 0 Å². The predicted molar refractivity (Wildman–Crippen MR) is 60.8 cm³/mol. The molecule has 108 valence electrons. The molecule has 0 aromatic carbocycles. The molecule has 0 bridgehead atoms. The van der Waals surface area contributed by atoms with Gasteiger partial charge >= 0.3 is 11.9 Å². The number of alkyl halides is 3. The van der Waals surface area contributed by atoms with Crippen LogP contribution in [0.15, 0.2) is 15.6 Å². The lowest BCUT2D eigenvalue weighted by molar-refractivity contribution is -0.136. The first-order chi connectivity index (χ1) is 8.96. The van der Waals surface area contributed by atoms with Gasteiger partial charge in [-0.15, -0.1) is 5.10 Å². The number of hydrogen-bond donors (Lipinski definition) is 0. The Labute approximate surface area is 108 Å². The van der Waals surface area contributed by atoms with Crippen molar-refractivity contribution < 1.29 is 17.6 Å². The van der Waals surface area contributed by atoms with Gasteiger partial charge < -0.3 is 9.32 Å². The maximum atomic E-state index is 12.0. The Balaban J connectivity index is 1.74. The van der Waals surface area contributed by atoms with E-state index in [-0.39, 0.29) is 12.5 Å². The van der Waals surface area contributed by atoms with Crippen molar-refractivity contribution in [3.63, 3.8) is 0 Å². The van der Waals surface area contributed by atoms with E-state index in [4.69, 9.17) is 0 Å². The summed E-state index contributed by atoms with van der Waals surface area (Å²) in [6.07, 6.45) is -2.17. The summed E-state index contributed by atoms with van der Waals surface area (Å²) in [5, 5.41) is 3.83. The first kappa shape index (κ1) is 14.1. The van der Waals surface area contributed by atoms with Crippen molar-refractivity contribution in [2.24, 2.45) is 0 Å². The van der Waals surface area contributed by atoms with Crippen LogP contribution in [-0.2, 0) is 0 Å². The number of rotatable bonds is 4. The van der Waals surface area contributed by atoms with Crippen LogP contribution in [0.25, 0.3) is 0 Å². The highest BCUT2D eigenvalue weighted by molar-refractivity contribution is 4.76. The zero-order valence-corrected chi connectivity index (χ0v) is 10.4. The zero-order chi connectivity index (χ0) is 13.9. The molecule has 0 radical (unpaired) electrons. The van der Waals surface area contributed by atoms with Gasteiger partial charge in [0.15, 0.2) is 0 Å². The summed E-state index contributed by atoms with van der Waals surface area (Å²) in [4.78, 5) is 13.3. The quantitative estimate of drug-likeness (QED) is 0.843. The van der Waals surface area contributed by atoms with E-state index in [2.05, 4.69) is 9.52 Å². The topological polar surface area (TPSA) is 51.3 Å². The molecule has 2 rings (SSSR count). The van der Waals surface area contributed by atoms with E-state index in [0.717, 1.165) is 6.39 Å². The molecule has 0 aliphatic carbocycles. The Bertz CT molecular complexity index is 447. The van der Waals surface area contributed by atoms with Crippen LogP contribution in [0.3, 0.4) is 0 Å². The van der Waals surface area contributed by atoms with Crippen LogP contribution in [0.2, 0.25) is 0 Å². The molecule has 1 saturated heterocycles. The maximum absolute atomic E-state index is 12.0. The molecule has 8 heteroatoms. The van der Waals surface area contributed by atoms with Gasteiger partial charge in [0.05, 0.1) is 6.04 Å². The Morgan fingerprint density at radius 2 is 2.05 bits per heavy atom. The van der Waals surface area contributed by atoms with Crippen molar-refractivity contribution in [1.29, 1.82) is 0 Å². The van der Waals surface area contributed by atoms with E-state index in [1.807, 2.05) is 4.90 Å². The third-order valence-electron chi connectivity index (χ3n) is 3.35. The van der Waals surface area contributed by atoms with Gasteiger partial charge in [0.25, 0.3) is 0 Å². The SMILES string of the molecule is O=c1ocnn1C1CCN(CCCC(F)(F)F)CC1. The van der Waals surface area contributed by atoms with Crippen molar-refractivity contribution in [3.05, 3.63) is 16.9 Å². The average Bonchev–Trinajstić information content (AvgIpc) is 2.75. The molecule has 2 heterocycles. The summed E-state index contributed by atoms with van der Waals surface area (Å²) in [6.45, 7) is 1.81. The van der Waals surface area contributed by atoms with Gasteiger partial charge in [-0.05, 0) is 25.8 Å². The summed E-state index contributed by atoms with van der Waals surface area (Å²) in [6, 6.07) is -0.00915. The molecule has 1 aliphatic heterocycles. The van der Waals surface area contributed by atoms with Crippen molar-refractivity contribution in [2.45, 2.75) is 37.9 Å². The van der Waals surface area contributed by atoms with Crippen molar-refractivity contribution >= 4 is 0 Å². The predicted octanol–water partition coefficient (Wildman–Crippen LogP) is 1.82. The minimum Gasteiger partial charge on any atom is -0.395 e. The second-order valence-corrected chi connectivity index (χ2v) is 4.74. The van der Waals surface area contributed by atoms with Crippen LogP contribution in [0.5, 0.6) is 0 Å². The molecular formula is C11H16F3N3O2. The third-order valence-corrected chi connectivity index (χ3v) is 3.35. The standard InChI is InChI=1S/C11H16F3N3O2/c12-11(13,14)4-1-5-16-6-2-9(3-7-16)17-10(18)19-8-15-17/h8-9H,1-7H2. The first-order valence-electron chi connectivity index (χ1n) is 6.27. The van der Waals surface area contributed by atoms with E-state index in [1.54, 1.807) is 0 Å². The molecule has 1 aromatic heterocycles. The zero-order valence-electron chi connectivity index (χ0n) is 10.4. The summed E-state index contributed by atoms with van der Waals surface area (Å²) in [5.74, 6) is -0.476. The van der Waals surface area contributed by atoms with E-state index < -0.39 is 18.4 Å². The lowest BCUT2D eigenvalue weighted by atomic mass is 10.1. The summed E-state index contributed by atoms with van der Waals surface area (Å²) >= 11 is 0. The van der Waals surface area contributed by atoms with Gasteiger partial charge in [0.2, 0.25) is 6.39 Å². The van der Waals surface area contributed by atoms with Crippen LogP contribution >= 0.6 is 0 Å². The van der Waals surface area contributed by atoms with Crippen molar-refractivity contribution in [3.8, 4) is 0 Å². The molecule has 0 saturated carbocycles. The highest BCUT2D eigenvalue weighted by Crippen LogP contribution is 2.23. The molecule has 1 aliphatic rings. The van der Waals surface area contributed by atoms with Crippen LogP contribution in [0.1, 0.15) is 31.7 Å².